The van der Waals surface area contributed by atoms with Gasteiger partial charge in [0, 0.05) is 29.8 Å². The summed E-state index contributed by atoms with van der Waals surface area (Å²) in [4.78, 5) is 23.6. The predicted octanol–water partition coefficient (Wildman–Crippen LogP) is 3.88. The standard InChI is InChI=1S/C23H22FNO6/c1-4-31-23(28)19(27)11-18(26)17-13-25(12-14-5-7-15(24)8-6-14)21-16(17)9-10-20(29-2)22(21)30-3/h5-11,13,26H,4,12H2,1-3H3. The topological polar surface area (TPSA) is 87.0 Å². The van der Waals surface area contributed by atoms with Crippen LogP contribution in [0.2, 0.25) is 0 Å². The van der Waals surface area contributed by atoms with Gasteiger partial charge < -0.3 is 23.9 Å². The van der Waals surface area contributed by atoms with Crippen LogP contribution in [-0.4, -0.2) is 42.3 Å². The van der Waals surface area contributed by atoms with Gasteiger partial charge in [0.25, 0.3) is 5.78 Å². The Kier molecular flexibility index (Phi) is 6.59. The van der Waals surface area contributed by atoms with Crippen molar-refractivity contribution in [3.05, 3.63) is 65.6 Å². The third kappa shape index (κ3) is 4.53. The number of rotatable bonds is 8. The van der Waals surface area contributed by atoms with E-state index in [-0.39, 0.29) is 12.4 Å². The molecule has 162 valence electrons. The van der Waals surface area contributed by atoms with Gasteiger partial charge in [-0.05, 0) is 36.8 Å². The Morgan fingerprint density at radius 2 is 1.81 bits per heavy atom. The molecule has 0 atom stereocenters. The minimum atomic E-state index is -1.05. The van der Waals surface area contributed by atoms with Gasteiger partial charge in [-0.25, -0.2) is 9.18 Å². The number of hydrogen-bond acceptors (Lipinski definition) is 6. The van der Waals surface area contributed by atoms with Crippen molar-refractivity contribution >= 4 is 28.4 Å². The van der Waals surface area contributed by atoms with E-state index in [1.165, 1.54) is 26.4 Å². The average molecular weight is 427 g/mol. The largest absolute Gasteiger partial charge is 0.507 e. The van der Waals surface area contributed by atoms with E-state index in [2.05, 4.69) is 4.74 Å². The first-order chi connectivity index (χ1) is 14.9. The summed E-state index contributed by atoms with van der Waals surface area (Å²) >= 11 is 0. The molecule has 0 aliphatic heterocycles. The van der Waals surface area contributed by atoms with Crippen LogP contribution in [-0.2, 0) is 20.9 Å². The summed E-state index contributed by atoms with van der Waals surface area (Å²) in [7, 11) is 3.00. The first-order valence-corrected chi connectivity index (χ1v) is 9.50. The number of aliphatic hydroxyl groups is 1. The lowest BCUT2D eigenvalue weighted by atomic mass is 10.1. The first-order valence-electron chi connectivity index (χ1n) is 9.50. The van der Waals surface area contributed by atoms with Gasteiger partial charge in [-0.15, -0.1) is 0 Å². The summed E-state index contributed by atoms with van der Waals surface area (Å²) in [6.45, 7) is 1.96. The molecule has 0 aliphatic rings. The molecule has 1 heterocycles. The molecule has 8 heteroatoms. The third-order valence-corrected chi connectivity index (χ3v) is 4.67. The first kappa shape index (κ1) is 21.9. The number of benzene rings is 2. The SMILES string of the molecule is CCOC(=O)C(=O)C=C(O)c1cn(Cc2ccc(F)cc2)c2c(OC)c(OC)ccc12. The van der Waals surface area contributed by atoms with Gasteiger partial charge in [0.2, 0.25) is 0 Å². The second-order valence-corrected chi connectivity index (χ2v) is 6.61. The molecule has 3 aromatic rings. The van der Waals surface area contributed by atoms with E-state index in [9.17, 15) is 19.1 Å². The van der Waals surface area contributed by atoms with E-state index in [1.54, 1.807) is 42.0 Å². The molecule has 0 aliphatic carbocycles. The lowest BCUT2D eigenvalue weighted by Crippen LogP contribution is -2.15. The van der Waals surface area contributed by atoms with Crippen molar-refractivity contribution in [1.82, 2.24) is 4.57 Å². The van der Waals surface area contributed by atoms with Crippen molar-refractivity contribution in [1.29, 1.82) is 0 Å². The van der Waals surface area contributed by atoms with E-state index in [4.69, 9.17) is 9.47 Å². The Morgan fingerprint density at radius 1 is 1.10 bits per heavy atom. The molecule has 0 unspecified atom stereocenters. The molecule has 0 radical (unpaired) electrons. The Hall–Kier alpha value is -3.81. The fraction of sp³-hybridized carbons (Fsp3) is 0.217. The number of hydrogen-bond donors (Lipinski definition) is 1. The summed E-state index contributed by atoms with van der Waals surface area (Å²) in [6.07, 6.45) is 2.45. The van der Waals surface area contributed by atoms with Crippen LogP contribution >= 0.6 is 0 Å². The van der Waals surface area contributed by atoms with Crippen molar-refractivity contribution in [2.24, 2.45) is 0 Å². The van der Waals surface area contributed by atoms with Crippen LogP contribution in [0, 0.1) is 5.82 Å². The zero-order chi connectivity index (χ0) is 22.5. The van der Waals surface area contributed by atoms with Gasteiger partial charge in [-0.3, -0.25) is 4.79 Å². The summed E-state index contributed by atoms with van der Waals surface area (Å²) in [5.74, 6) is -1.86. The van der Waals surface area contributed by atoms with Crippen LogP contribution in [0.3, 0.4) is 0 Å². The normalized spacial score (nSPS) is 11.4. The van der Waals surface area contributed by atoms with Crippen molar-refractivity contribution in [3.8, 4) is 11.5 Å². The molecule has 1 N–H and O–H groups in total. The van der Waals surface area contributed by atoms with Gasteiger partial charge in [0.05, 0.1) is 26.3 Å². The van der Waals surface area contributed by atoms with Crippen molar-refractivity contribution in [3.63, 3.8) is 0 Å². The number of ketones is 1. The average Bonchev–Trinajstić information content (AvgIpc) is 3.13. The quantitative estimate of drug-likeness (QED) is 0.254. The number of halogens is 1. The number of aliphatic hydroxyl groups excluding tert-OH is 1. The number of aromatic nitrogens is 1. The maximum atomic E-state index is 13.3. The molecule has 0 saturated carbocycles. The maximum absolute atomic E-state index is 13.3. The van der Waals surface area contributed by atoms with E-state index >= 15 is 0 Å². The minimum Gasteiger partial charge on any atom is -0.507 e. The number of nitrogens with zero attached hydrogens (tertiary/aromatic N) is 1. The van der Waals surface area contributed by atoms with Gasteiger partial charge in [-0.2, -0.15) is 0 Å². The van der Waals surface area contributed by atoms with Crippen molar-refractivity contribution in [2.75, 3.05) is 20.8 Å². The van der Waals surface area contributed by atoms with Gasteiger partial charge in [0.15, 0.2) is 11.5 Å². The zero-order valence-electron chi connectivity index (χ0n) is 17.3. The highest BCUT2D eigenvalue weighted by molar-refractivity contribution is 6.39. The summed E-state index contributed by atoms with van der Waals surface area (Å²) in [5.41, 5.74) is 1.72. The predicted molar refractivity (Wildman–Crippen MR) is 113 cm³/mol. The molecule has 0 bridgehead atoms. The molecular formula is C23H22FNO6. The molecule has 7 nitrogen and oxygen atoms in total. The van der Waals surface area contributed by atoms with Crippen molar-refractivity contribution in [2.45, 2.75) is 13.5 Å². The lowest BCUT2D eigenvalue weighted by Gasteiger charge is -2.12. The Balaban J connectivity index is 2.15. The zero-order valence-corrected chi connectivity index (χ0v) is 17.3. The minimum absolute atomic E-state index is 0.0488. The lowest BCUT2D eigenvalue weighted by molar-refractivity contribution is -0.151. The molecule has 2 aromatic carbocycles. The fourth-order valence-corrected chi connectivity index (χ4v) is 3.28. The van der Waals surface area contributed by atoms with Gasteiger partial charge in [0.1, 0.15) is 11.6 Å². The molecule has 0 spiro atoms. The Bertz CT molecular complexity index is 1150. The number of fused-ring (bicyclic) bond motifs is 1. The second kappa shape index (κ2) is 9.34. The fourth-order valence-electron chi connectivity index (χ4n) is 3.28. The van der Waals surface area contributed by atoms with Crippen molar-refractivity contribution < 1.29 is 33.3 Å². The number of carbonyl (C=O) groups excluding carboxylic acids is 2. The number of methoxy groups -OCH3 is 2. The Labute approximate surface area is 178 Å². The smallest absolute Gasteiger partial charge is 0.379 e. The van der Waals surface area contributed by atoms with Gasteiger partial charge in [-0.1, -0.05) is 12.1 Å². The van der Waals surface area contributed by atoms with Crippen LogP contribution in [0.1, 0.15) is 18.1 Å². The number of esters is 1. The van der Waals surface area contributed by atoms with Crippen LogP contribution in [0.5, 0.6) is 11.5 Å². The van der Waals surface area contributed by atoms with E-state index in [0.29, 0.717) is 34.5 Å². The summed E-state index contributed by atoms with van der Waals surface area (Å²) in [5, 5.41) is 11.2. The molecule has 0 amide bonds. The highest BCUT2D eigenvalue weighted by Crippen LogP contribution is 2.39. The van der Waals surface area contributed by atoms with Crippen LogP contribution in [0.25, 0.3) is 16.7 Å². The van der Waals surface area contributed by atoms with E-state index in [1.807, 2.05) is 0 Å². The van der Waals surface area contributed by atoms with Crippen LogP contribution in [0.15, 0.2) is 48.7 Å². The van der Waals surface area contributed by atoms with Crippen LogP contribution in [0.4, 0.5) is 4.39 Å². The van der Waals surface area contributed by atoms with Gasteiger partial charge >= 0.3 is 5.97 Å². The molecule has 1 aromatic heterocycles. The molecule has 3 rings (SSSR count). The molecule has 0 fully saturated rings. The Morgan fingerprint density at radius 3 is 2.42 bits per heavy atom. The highest BCUT2D eigenvalue weighted by atomic mass is 19.1. The van der Waals surface area contributed by atoms with E-state index < -0.39 is 17.5 Å². The second-order valence-electron chi connectivity index (χ2n) is 6.61. The monoisotopic (exact) mass is 427 g/mol. The maximum Gasteiger partial charge on any atom is 0.379 e. The number of ether oxygens (including phenoxy) is 3. The molecular weight excluding hydrogens is 405 g/mol. The molecule has 31 heavy (non-hydrogen) atoms. The molecule has 0 saturated heterocycles. The summed E-state index contributed by atoms with van der Waals surface area (Å²) < 4.78 is 30.7. The number of carbonyl (C=O) groups is 2. The summed E-state index contributed by atoms with van der Waals surface area (Å²) in [6, 6.07) is 9.39. The third-order valence-electron chi connectivity index (χ3n) is 4.67. The highest BCUT2D eigenvalue weighted by Gasteiger charge is 2.21. The van der Waals surface area contributed by atoms with Crippen LogP contribution < -0.4 is 9.47 Å². The van der Waals surface area contributed by atoms with E-state index in [0.717, 1.165) is 11.6 Å².